The van der Waals surface area contributed by atoms with Gasteiger partial charge in [-0.15, -0.1) is 0 Å². The molecule has 0 atom stereocenters. The normalized spacial score (nSPS) is 8.75. The molecular formula is C10H15FO. The van der Waals surface area contributed by atoms with Gasteiger partial charge in [0.15, 0.2) is 0 Å². The number of benzene rings is 1. The van der Waals surface area contributed by atoms with Crippen LogP contribution >= 0.6 is 0 Å². The van der Waals surface area contributed by atoms with E-state index in [0.717, 1.165) is 5.56 Å². The number of phenolic OH excluding ortho intramolecular Hbond substituents is 1. The summed E-state index contributed by atoms with van der Waals surface area (Å²) in [7, 11) is 0. The minimum Gasteiger partial charge on any atom is -0.508 e. The van der Waals surface area contributed by atoms with Crippen LogP contribution < -0.4 is 0 Å². The Morgan fingerprint density at radius 2 is 1.67 bits per heavy atom. The average Bonchev–Trinajstić information content (AvgIpc) is 2.04. The molecule has 0 spiro atoms. The molecule has 0 aliphatic carbocycles. The lowest BCUT2D eigenvalue weighted by Crippen LogP contribution is -1.83. The van der Waals surface area contributed by atoms with E-state index in [-0.39, 0.29) is 11.6 Å². The lowest BCUT2D eigenvalue weighted by Gasteiger charge is -2.00. The Hall–Kier alpha value is -1.05. The summed E-state index contributed by atoms with van der Waals surface area (Å²) in [6.45, 7) is 7.28. The Labute approximate surface area is 72.9 Å². The molecule has 1 rings (SSSR count). The maximum atomic E-state index is 12.7. The van der Waals surface area contributed by atoms with Crippen LogP contribution in [0.4, 0.5) is 4.39 Å². The highest BCUT2D eigenvalue weighted by Crippen LogP contribution is 2.20. The van der Waals surface area contributed by atoms with E-state index < -0.39 is 0 Å². The van der Waals surface area contributed by atoms with Crippen LogP contribution in [0.5, 0.6) is 5.75 Å². The average molecular weight is 170 g/mol. The molecule has 0 amide bonds. The van der Waals surface area contributed by atoms with Crippen molar-refractivity contribution in [3.05, 3.63) is 29.1 Å². The Bertz CT molecular complexity index is 233. The first-order valence-corrected chi connectivity index (χ1v) is 4.07. The first-order valence-electron chi connectivity index (χ1n) is 4.07. The Kier molecular flexibility index (Phi) is 4.34. The summed E-state index contributed by atoms with van der Waals surface area (Å²) in [5.74, 6) is -0.324. The van der Waals surface area contributed by atoms with Gasteiger partial charge in [-0.1, -0.05) is 13.8 Å². The molecule has 1 N–H and O–H groups in total. The molecule has 1 aromatic carbocycles. The van der Waals surface area contributed by atoms with Gasteiger partial charge in [-0.2, -0.15) is 0 Å². The van der Waals surface area contributed by atoms with Crippen LogP contribution in [0, 0.1) is 19.7 Å². The van der Waals surface area contributed by atoms with Gasteiger partial charge in [0.1, 0.15) is 11.6 Å². The molecule has 0 unspecified atom stereocenters. The molecule has 0 saturated heterocycles. The zero-order valence-electron chi connectivity index (χ0n) is 7.98. The molecule has 68 valence electrons. The van der Waals surface area contributed by atoms with Crippen LogP contribution in [0.2, 0.25) is 0 Å². The second-order valence-electron chi connectivity index (χ2n) is 2.39. The molecule has 0 aromatic heterocycles. The number of hydrogen-bond acceptors (Lipinski definition) is 1. The van der Waals surface area contributed by atoms with Crippen LogP contribution in [0.15, 0.2) is 12.1 Å². The SMILES string of the molecule is CC.Cc1cc(O)c(C)c(F)c1. The zero-order chi connectivity index (χ0) is 9.72. The van der Waals surface area contributed by atoms with Crippen molar-refractivity contribution >= 4 is 0 Å². The topological polar surface area (TPSA) is 20.2 Å². The monoisotopic (exact) mass is 170 g/mol. The Balaban J connectivity index is 0.000000561. The summed E-state index contributed by atoms with van der Waals surface area (Å²) in [4.78, 5) is 0. The van der Waals surface area contributed by atoms with Crippen molar-refractivity contribution in [2.45, 2.75) is 27.7 Å². The third kappa shape index (κ3) is 2.53. The molecule has 0 aliphatic rings. The highest BCUT2D eigenvalue weighted by atomic mass is 19.1. The van der Waals surface area contributed by atoms with Gasteiger partial charge in [-0.05, 0) is 31.5 Å². The highest BCUT2D eigenvalue weighted by Gasteiger charge is 2.01. The highest BCUT2D eigenvalue weighted by molar-refractivity contribution is 5.35. The van der Waals surface area contributed by atoms with E-state index >= 15 is 0 Å². The maximum Gasteiger partial charge on any atom is 0.130 e. The number of aryl methyl sites for hydroxylation is 1. The molecule has 0 aliphatic heterocycles. The minimum atomic E-state index is -0.350. The standard InChI is InChI=1S/C8H9FO.C2H6/c1-5-3-7(9)6(2)8(10)4-5;1-2/h3-4,10H,1-2H3;1-2H3. The fourth-order valence-corrected chi connectivity index (χ4v) is 0.796. The van der Waals surface area contributed by atoms with Crippen LogP contribution in [0.25, 0.3) is 0 Å². The predicted octanol–water partition coefficient (Wildman–Crippen LogP) is 3.17. The molecule has 0 bridgehead atoms. The summed E-state index contributed by atoms with van der Waals surface area (Å²) in [5.41, 5.74) is 1.05. The van der Waals surface area contributed by atoms with Crippen molar-refractivity contribution in [2.75, 3.05) is 0 Å². The first kappa shape index (κ1) is 11.0. The van der Waals surface area contributed by atoms with E-state index in [9.17, 15) is 4.39 Å². The molecule has 0 fully saturated rings. The Morgan fingerprint density at radius 1 is 1.17 bits per heavy atom. The second-order valence-corrected chi connectivity index (χ2v) is 2.39. The van der Waals surface area contributed by atoms with Gasteiger partial charge < -0.3 is 5.11 Å². The van der Waals surface area contributed by atoms with E-state index in [1.165, 1.54) is 6.07 Å². The van der Waals surface area contributed by atoms with Crippen molar-refractivity contribution in [1.29, 1.82) is 0 Å². The van der Waals surface area contributed by atoms with Crippen LogP contribution in [-0.4, -0.2) is 5.11 Å². The van der Waals surface area contributed by atoms with E-state index in [4.69, 9.17) is 5.11 Å². The van der Waals surface area contributed by atoms with Gasteiger partial charge in [0.2, 0.25) is 0 Å². The predicted molar refractivity (Wildman–Crippen MR) is 48.9 cm³/mol. The van der Waals surface area contributed by atoms with Gasteiger partial charge >= 0.3 is 0 Å². The van der Waals surface area contributed by atoms with Crippen LogP contribution in [0.1, 0.15) is 25.0 Å². The zero-order valence-corrected chi connectivity index (χ0v) is 7.98. The summed E-state index contributed by atoms with van der Waals surface area (Å²) < 4.78 is 12.7. The van der Waals surface area contributed by atoms with Crippen molar-refractivity contribution in [3.63, 3.8) is 0 Å². The fourth-order valence-electron chi connectivity index (χ4n) is 0.796. The first-order chi connectivity index (χ1) is 5.61. The van der Waals surface area contributed by atoms with E-state index in [2.05, 4.69) is 0 Å². The van der Waals surface area contributed by atoms with E-state index in [1.54, 1.807) is 19.9 Å². The third-order valence-electron chi connectivity index (χ3n) is 1.46. The van der Waals surface area contributed by atoms with E-state index in [0.29, 0.717) is 5.56 Å². The van der Waals surface area contributed by atoms with Crippen LogP contribution in [-0.2, 0) is 0 Å². The van der Waals surface area contributed by atoms with Crippen molar-refractivity contribution < 1.29 is 9.50 Å². The fraction of sp³-hybridized carbons (Fsp3) is 0.400. The maximum absolute atomic E-state index is 12.7. The minimum absolute atomic E-state index is 0.0255. The number of phenols is 1. The number of rotatable bonds is 0. The number of aromatic hydroxyl groups is 1. The summed E-state index contributed by atoms with van der Waals surface area (Å²) in [6.07, 6.45) is 0. The molecular weight excluding hydrogens is 155 g/mol. The lowest BCUT2D eigenvalue weighted by molar-refractivity contribution is 0.462. The Morgan fingerprint density at radius 3 is 2.08 bits per heavy atom. The molecule has 1 nitrogen and oxygen atoms in total. The van der Waals surface area contributed by atoms with E-state index in [1.807, 2.05) is 13.8 Å². The van der Waals surface area contributed by atoms with Crippen molar-refractivity contribution in [3.8, 4) is 5.75 Å². The van der Waals surface area contributed by atoms with Crippen LogP contribution in [0.3, 0.4) is 0 Å². The van der Waals surface area contributed by atoms with Gasteiger partial charge in [0.05, 0.1) is 0 Å². The molecule has 0 radical (unpaired) electrons. The summed E-state index contributed by atoms with van der Waals surface area (Å²) in [6, 6.07) is 2.94. The quantitative estimate of drug-likeness (QED) is 0.634. The van der Waals surface area contributed by atoms with Gasteiger partial charge in [0.25, 0.3) is 0 Å². The molecule has 0 saturated carbocycles. The number of hydrogen-bond donors (Lipinski definition) is 1. The summed E-state index contributed by atoms with van der Waals surface area (Å²) in [5, 5.41) is 9.04. The van der Waals surface area contributed by atoms with Crippen molar-refractivity contribution in [2.24, 2.45) is 0 Å². The second kappa shape index (κ2) is 4.75. The molecule has 1 aromatic rings. The third-order valence-corrected chi connectivity index (χ3v) is 1.46. The largest absolute Gasteiger partial charge is 0.508 e. The lowest BCUT2D eigenvalue weighted by atomic mass is 10.1. The van der Waals surface area contributed by atoms with Gasteiger partial charge in [-0.3, -0.25) is 0 Å². The summed E-state index contributed by atoms with van der Waals surface area (Å²) >= 11 is 0. The molecule has 0 heterocycles. The van der Waals surface area contributed by atoms with Gasteiger partial charge in [-0.25, -0.2) is 4.39 Å². The smallest absolute Gasteiger partial charge is 0.130 e. The van der Waals surface area contributed by atoms with Gasteiger partial charge in [0, 0.05) is 5.56 Å². The molecule has 12 heavy (non-hydrogen) atoms. The molecule has 2 heteroatoms. The number of halogens is 1. The van der Waals surface area contributed by atoms with Crippen molar-refractivity contribution in [1.82, 2.24) is 0 Å².